The lowest BCUT2D eigenvalue weighted by Crippen LogP contribution is -2.52. The molecule has 9 heteroatoms. The van der Waals surface area contributed by atoms with Gasteiger partial charge in [0.05, 0.1) is 25.0 Å². The van der Waals surface area contributed by atoms with E-state index >= 15 is 0 Å². The molecule has 9 nitrogen and oxygen atoms in total. The lowest BCUT2D eigenvalue weighted by molar-refractivity contribution is -0.129. The molecule has 2 bridgehead atoms. The number of hydrogen-bond acceptors (Lipinski definition) is 6. The van der Waals surface area contributed by atoms with E-state index < -0.39 is 0 Å². The average Bonchev–Trinajstić information content (AvgIpc) is 3.62. The molecule has 3 heterocycles. The van der Waals surface area contributed by atoms with Crippen molar-refractivity contribution >= 4 is 12.0 Å². The van der Waals surface area contributed by atoms with Crippen molar-refractivity contribution in [2.75, 3.05) is 20.2 Å². The quantitative estimate of drug-likeness (QED) is 0.231. The van der Waals surface area contributed by atoms with Crippen LogP contribution < -0.4 is 10.1 Å². The standard InChI is InChI=1S/C41H55N5O4/c1-6-29-24-45(25-29)39(48)50-34-10-7-30(8-11-34)38(47)44-37(35-22-31(13-20-42-35)32-23-43-46(26-32)27(2)3)41-17-14-40(15-18-41,16-19-41)33-9-12-36(49-5)28(4)21-33/h9,12-13,20-23,26-27,29-30,34,37H,6-8,10-11,14-19,24-25H2,1-5H3,(H,44,47). The number of carbonyl (C=O) groups excluding carboxylic acids is 2. The molecule has 0 spiro atoms. The van der Waals surface area contributed by atoms with Gasteiger partial charge in [0.25, 0.3) is 0 Å². The van der Waals surface area contributed by atoms with Crippen LogP contribution in [0.2, 0.25) is 0 Å². The van der Waals surface area contributed by atoms with E-state index in [1.54, 1.807) is 7.11 Å². The van der Waals surface area contributed by atoms with Gasteiger partial charge in [0.15, 0.2) is 0 Å². The van der Waals surface area contributed by atoms with E-state index in [2.05, 4.69) is 68.6 Å². The van der Waals surface area contributed by atoms with Crippen LogP contribution in [0.1, 0.15) is 120 Å². The third kappa shape index (κ3) is 6.64. The first-order chi connectivity index (χ1) is 24.1. The molecule has 3 aromatic rings. The molecular weight excluding hydrogens is 626 g/mol. The molecule has 1 unspecified atom stereocenters. The summed E-state index contributed by atoms with van der Waals surface area (Å²) in [6, 6.07) is 11.0. The second-order valence-electron chi connectivity index (χ2n) is 16.1. The maximum absolute atomic E-state index is 14.2. The Morgan fingerprint density at radius 2 is 1.70 bits per heavy atom. The Kier molecular flexibility index (Phi) is 9.70. The van der Waals surface area contributed by atoms with E-state index in [1.165, 1.54) is 11.1 Å². The van der Waals surface area contributed by atoms with Crippen LogP contribution in [0.4, 0.5) is 4.79 Å². The summed E-state index contributed by atoms with van der Waals surface area (Å²) in [6.07, 6.45) is 16.0. The molecular formula is C41H55N5O4. The monoisotopic (exact) mass is 681 g/mol. The van der Waals surface area contributed by atoms with Crippen molar-refractivity contribution < 1.29 is 19.1 Å². The SMILES string of the molecule is CCC1CN(C(=O)OC2CCC(C(=O)NC(c3cc(-c4cnn(C(C)C)c4)ccn3)C34CCC(c5ccc(OC)c(C)c5)(CC3)CC4)CC2)C1. The van der Waals surface area contributed by atoms with Crippen molar-refractivity contribution in [1.29, 1.82) is 0 Å². The summed E-state index contributed by atoms with van der Waals surface area (Å²) in [4.78, 5) is 33.6. The number of hydrogen-bond donors (Lipinski definition) is 1. The Morgan fingerprint density at radius 3 is 2.32 bits per heavy atom. The predicted molar refractivity (Wildman–Crippen MR) is 194 cm³/mol. The van der Waals surface area contributed by atoms with Crippen LogP contribution in [0.3, 0.4) is 0 Å². The smallest absolute Gasteiger partial charge is 0.410 e. The van der Waals surface area contributed by atoms with Crippen molar-refractivity contribution in [1.82, 2.24) is 25.0 Å². The molecule has 5 aliphatic rings. The van der Waals surface area contributed by atoms with Gasteiger partial charge in [-0.05, 0) is 143 Å². The highest BCUT2D eigenvalue weighted by molar-refractivity contribution is 5.79. The fourth-order valence-electron chi connectivity index (χ4n) is 9.28. The number of nitrogens with zero attached hydrogens (tertiary/aromatic N) is 4. The molecule has 5 fully saturated rings. The molecule has 268 valence electrons. The Bertz CT molecular complexity index is 1660. The zero-order valence-electron chi connectivity index (χ0n) is 30.6. The maximum Gasteiger partial charge on any atom is 0.410 e. The second kappa shape index (κ2) is 14.0. The van der Waals surface area contributed by atoms with Crippen molar-refractivity contribution in [3.8, 4) is 16.9 Å². The minimum Gasteiger partial charge on any atom is -0.496 e. The van der Waals surface area contributed by atoms with E-state index in [0.29, 0.717) is 5.92 Å². The minimum absolute atomic E-state index is 0.0625. The highest BCUT2D eigenvalue weighted by atomic mass is 16.6. The van der Waals surface area contributed by atoms with E-state index in [4.69, 9.17) is 14.5 Å². The molecule has 0 radical (unpaired) electrons. The summed E-state index contributed by atoms with van der Waals surface area (Å²) in [5.41, 5.74) is 5.77. The summed E-state index contributed by atoms with van der Waals surface area (Å²) in [5.74, 6) is 1.54. The van der Waals surface area contributed by atoms with Crippen LogP contribution in [0.25, 0.3) is 11.1 Å². The van der Waals surface area contributed by atoms with Gasteiger partial charge < -0.3 is 19.7 Å². The summed E-state index contributed by atoms with van der Waals surface area (Å²) >= 11 is 0. The summed E-state index contributed by atoms with van der Waals surface area (Å²) in [6.45, 7) is 10.2. The number of nitrogens with one attached hydrogen (secondary N) is 1. The second-order valence-corrected chi connectivity index (χ2v) is 16.1. The molecule has 4 saturated carbocycles. The van der Waals surface area contributed by atoms with Gasteiger partial charge in [0.1, 0.15) is 11.9 Å². The van der Waals surface area contributed by atoms with Crippen molar-refractivity contribution in [3.05, 3.63) is 65.7 Å². The topological polar surface area (TPSA) is 98.6 Å². The van der Waals surface area contributed by atoms with Crippen LogP contribution in [0.5, 0.6) is 5.75 Å². The summed E-state index contributed by atoms with van der Waals surface area (Å²) in [7, 11) is 1.74. The first-order valence-electron chi connectivity index (χ1n) is 19.0. The molecule has 1 N–H and O–H groups in total. The summed E-state index contributed by atoms with van der Waals surface area (Å²) < 4.78 is 13.4. The number of carbonyl (C=O) groups is 2. The van der Waals surface area contributed by atoms with Crippen LogP contribution in [0, 0.1) is 24.2 Å². The van der Waals surface area contributed by atoms with Gasteiger partial charge >= 0.3 is 6.09 Å². The van der Waals surface area contributed by atoms with E-state index in [9.17, 15) is 9.59 Å². The third-order valence-electron chi connectivity index (χ3n) is 12.9. The zero-order chi connectivity index (χ0) is 35.0. The first kappa shape index (κ1) is 34.6. The molecule has 8 rings (SSSR count). The normalized spacial score (nSPS) is 27.1. The number of aromatic nitrogens is 3. The van der Waals surface area contributed by atoms with Gasteiger partial charge in [-0.1, -0.05) is 19.1 Å². The molecule has 1 aromatic carbocycles. The van der Waals surface area contributed by atoms with Gasteiger partial charge in [-0.3, -0.25) is 14.5 Å². The van der Waals surface area contributed by atoms with Gasteiger partial charge in [0, 0.05) is 43.0 Å². The van der Waals surface area contributed by atoms with E-state index in [0.717, 1.165) is 106 Å². The van der Waals surface area contributed by atoms with E-state index in [1.807, 2.05) is 28.0 Å². The van der Waals surface area contributed by atoms with Crippen molar-refractivity contribution in [3.63, 3.8) is 0 Å². The van der Waals surface area contributed by atoms with Crippen molar-refractivity contribution in [2.24, 2.45) is 17.3 Å². The fourth-order valence-corrected chi connectivity index (χ4v) is 9.28. The number of fused-ring (bicyclic) bond motifs is 3. The van der Waals surface area contributed by atoms with Crippen molar-refractivity contribution in [2.45, 2.75) is 122 Å². The fraction of sp³-hybridized carbons (Fsp3) is 0.610. The third-order valence-corrected chi connectivity index (χ3v) is 12.9. The van der Waals surface area contributed by atoms with Crippen LogP contribution >= 0.6 is 0 Å². The number of methoxy groups -OCH3 is 1. The molecule has 1 atom stereocenters. The number of rotatable bonds is 10. The molecule has 2 aromatic heterocycles. The lowest BCUT2D eigenvalue weighted by Gasteiger charge is -2.56. The molecule has 1 saturated heterocycles. The number of aryl methyl sites for hydroxylation is 1. The largest absolute Gasteiger partial charge is 0.496 e. The van der Waals surface area contributed by atoms with Crippen LogP contribution in [-0.2, 0) is 14.9 Å². The average molecular weight is 682 g/mol. The lowest BCUT2D eigenvalue weighted by atomic mass is 9.49. The van der Waals surface area contributed by atoms with Gasteiger partial charge in [-0.2, -0.15) is 5.10 Å². The highest BCUT2D eigenvalue weighted by Gasteiger charge is 2.54. The molecule has 2 amide bonds. The first-order valence-corrected chi connectivity index (χ1v) is 19.0. The van der Waals surface area contributed by atoms with Crippen LogP contribution in [0.15, 0.2) is 48.9 Å². The molecule has 50 heavy (non-hydrogen) atoms. The van der Waals surface area contributed by atoms with E-state index in [-0.39, 0.29) is 46.9 Å². The zero-order valence-corrected chi connectivity index (χ0v) is 30.6. The minimum atomic E-state index is -0.192. The number of likely N-dealkylation sites (tertiary alicyclic amines) is 1. The Balaban J connectivity index is 1.09. The van der Waals surface area contributed by atoms with Gasteiger partial charge in [0.2, 0.25) is 5.91 Å². The van der Waals surface area contributed by atoms with Gasteiger partial charge in [-0.15, -0.1) is 0 Å². The Hall–Kier alpha value is -3.88. The van der Waals surface area contributed by atoms with Crippen LogP contribution in [-0.4, -0.2) is 58.0 Å². The number of pyridine rings is 1. The molecule has 4 aliphatic carbocycles. The highest BCUT2D eigenvalue weighted by Crippen LogP contribution is 2.62. The van der Waals surface area contributed by atoms with Gasteiger partial charge in [-0.25, -0.2) is 4.79 Å². The molecule has 1 aliphatic heterocycles. The maximum atomic E-state index is 14.2. The number of ether oxygens (including phenoxy) is 2. The Morgan fingerprint density at radius 1 is 0.980 bits per heavy atom. The summed E-state index contributed by atoms with van der Waals surface area (Å²) in [5, 5.41) is 8.21. The predicted octanol–water partition coefficient (Wildman–Crippen LogP) is 8.33. The number of amides is 2. The Labute approximate surface area is 297 Å². The number of benzene rings is 1.